The molecule has 0 aliphatic carbocycles. The number of rotatable bonds is 7. The van der Waals surface area contributed by atoms with Gasteiger partial charge in [0, 0.05) is 24.6 Å². The summed E-state index contributed by atoms with van der Waals surface area (Å²) < 4.78 is 46.8. The summed E-state index contributed by atoms with van der Waals surface area (Å²) in [7, 11) is 0. The van der Waals surface area contributed by atoms with E-state index in [0.29, 0.717) is 12.0 Å². The number of benzene rings is 1. The minimum Gasteiger partial charge on any atom is -0.484 e. The molecule has 0 saturated carbocycles. The molecule has 6 nitrogen and oxygen atoms in total. The van der Waals surface area contributed by atoms with E-state index in [1.807, 2.05) is 0 Å². The van der Waals surface area contributed by atoms with Gasteiger partial charge in [-0.25, -0.2) is 4.79 Å². The number of amides is 1. The van der Waals surface area contributed by atoms with Gasteiger partial charge in [0.15, 0.2) is 12.4 Å². The Morgan fingerprint density at radius 1 is 1.27 bits per heavy atom. The number of hydrogen-bond acceptors (Lipinski definition) is 4. The molecule has 0 spiro atoms. The van der Waals surface area contributed by atoms with Gasteiger partial charge in [-0.2, -0.15) is 13.2 Å². The zero-order valence-electron chi connectivity index (χ0n) is 13.7. The lowest BCUT2D eigenvalue weighted by Gasteiger charge is -2.13. The number of para-hydroxylation sites is 1. The molecule has 9 heteroatoms. The SMILES string of the molecule is CCc1oc(C(=O)NCc2ccccc2OCC(F)(F)F)cc1C(=O)O. The fraction of sp³-hybridized carbons (Fsp3) is 0.294. The summed E-state index contributed by atoms with van der Waals surface area (Å²) in [5.41, 5.74) is 0.234. The number of furan rings is 1. The van der Waals surface area contributed by atoms with Gasteiger partial charge < -0.3 is 19.6 Å². The highest BCUT2D eigenvalue weighted by Crippen LogP contribution is 2.22. The fourth-order valence-corrected chi connectivity index (χ4v) is 2.20. The van der Waals surface area contributed by atoms with Crippen molar-refractivity contribution in [3.63, 3.8) is 0 Å². The third-order valence-electron chi connectivity index (χ3n) is 3.39. The number of hydrogen-bond donors (Lipinski definition) is 2. The van der Waals surface area contributed by atoms with E-state index in [-0.39, 0.29) is 29.4 Å². The lowest BCUT2D eigenvalue weighted by atomic mass is 10.2. The molecular formula is C17H16F3NO5. The van der Waals surface area contributed by atoms with E-state index in [2.05, 4.69) is 5.32 Å². The summed E-state index contributed by atoms with van der Waals surface area (Å²) in [6.07, 6.45) is -4.18. The zero-order chi connectivity index (χ0) is 19.3. The molecule has 1 aromatic heterocycles. The highest BCUT2D eigenvalue weighted by molar-refractivity contribution is 5.96. The van der Waals surface area contributed by atoms with Crippen molar-refractivity contribution in [1.82, 2.24) is 5.32 Å². The molecular weight excluding hydrogens is 355 g/mol. The Labute approximate surface area is 146 Å². The van der Waals surface area contributed by atoms with E-state index in [1.54, 1.807) is 13.0 Å². The van der Waals surface area contributed by atoms with E-state index in [1.165, 1.54) is 18.2 Å². The van der Waals surface area contributed by atoms with Gasteiger partial charge >= 0.3 is 12.1 Å². The van der Waals surface area contributed by atoms with Crippen LogP contribution in [0.2, 0.25) is 0 Å². The Kier molecular flexibility index (Phi) is 5.91. The van der Waals surface area contributed by atoms with Gasteiger partial charge in [0.05, 0.1) is 0 Å². The van der Waals surface area contributed by atoms with Crippen molar-refractivity contribution in [2.75, 3.05) is 6.61 Å². The smallest absolute Gasteiger partial charge is 0.422 e. The normalized spacial score (nSPS) is 11.2. The van der Waals surface area contributed by atoms with Crippen LogP contribution in [0.5, 0.6) is 5.75 Å². The first kappa shape index (κ1) is 19.4. The van der Waals surface area contributed by atoms with Gasteiger partial charge in [-0.3, -0.25) is 4.79 Å². The lowest BCUT2D eigenvalue weighted by molar-refractivity contribution is -0.153. The van der Waals surface area contributed by atoms with Crippen LogP contribution in [-0.4, -0.2) is 29.8 Å². The van der Waals surface area contributed by atoms with E-state index in [0.717, 1.165) is 6.07 Å². The highest BCUT2D eigenvalue weighted by Gasteiger charge is 2.28. The second-order valence-electron chi connectivity index (χ2n) is 5.30. The summed E-state index contributed by atoms with van der Waals surface area (Å²) in [6.45, 7) is 0.122. The van der Waals surface area contributed by atoms with Gasteiger partial charge in [-0.15, -0.1) is 0 Å². The Bertz CT molecular complexity index is 798. The van der Waals surface area contributed by atoms with Crippen molar-refractivity contribution in [3.05, 3.63) is 53.0 Å². The summed E-state index contributed by atoms with van der Waals surface area (Å²) >= 11 is 0. The largest absolute Gasteiger partial charge is 0.484 e. The number of ether oxygens (including phenoxy) is 1. The van der Waals surface area contributed by atoms with Gasteiger partial charge in [0.1, 0.15) is 17.1 Å². The average molecular weight is 371 g/mol. The van der Waals surface area contributed by atoms with Crippen LogP contribution in [0.15, 0.2) is 34.7 Å². The molecule has 1 aromatic carbocycles. The van der Waals surface area contributed by atoms with Crippen molar-refractivity contribution in [1.29, 1.82) is 0 Å². The first-order chi connectivity index (χ1) is 12.2. The Balaban J connectivity index is 2.07. The van der Waals surface area contributed by atoms with Crippen LogP contribution in [0.25, 0.3) is 0 Å². The molecule has 0 aliphatic heterocycles. The third-order valence-corrected chi connectivity index (χ3v) is 3.39. The molecule has 0 bridgehead atoms. The number of halogens is 3. The summed E-state index contributed by atoms with van der Waals surface area (Å²) in [6, 6.07) is 7.08. The second-order valence-corrected chi connectivity index (χ2v) is 5.30. The molecule has 0 fully saturated rings. The molecule has 1 heterocycles. The second kappa shape index (κ2) is 7.94. The first-order valence-electron chi connectivity index (χ1n) is 7.63. The van der Waals surface area contributed by atoms with E-state index >= 15 is 0 Å². The van der Waals surface area contributed by atoms with E-state index in [4.69, 9.17) is 14.3 Å². The number of aryl methyl sites for hydroxylation is 1. The van der Waals surface area contributed by atoms with Gasteiger partial charge in [-0.1, -0.05) is 25.1 Å². The molecule has 0 unspecified atom stereocenters. The number of aromatic carboxylic acids is 1. The van der Waals surface area contributed by atoms with Crippen LogP contribution in [0.3, 0.4) is 0 Å². The number of nitrogens with one attached hydrogen (secondary N) is 1. The van der Waals surface area contributed by atoms with Crippen LogP contribution in [0.4, 0.5) is 13.2 Å². The van der Waals surface area contributed by atoms with E-state index in [9.17, 15) is 22.8 Å². The molecule has 26 heavy (non-hydrogen) atoms. The third kappa shape index (κ3) is 5.01. The van der Waals surface area contributed by atoms with Crippen molar-refractivity contribution in [2.45, 2.75) is 26.1 Å². The minimum atomic E-state index is -4.48. The first-order valence-corrected chi connectivity index (χ1v) is 7.63. The fourth-order valence-electron chi connectivity index (χ4n) is 2.20. The highest BCUT2D eigenvalue weighted by atomic mass is 19.4. The summed E-state index contributed by atoms with van der Waals surface area (Å²) in [5, 5.41) is 11.5. The standard InChI is InChI=1S/C17H16F3NO5/c1-2-12-11(16(23)24)7-14(26-12)15(22)21-8-10-5-3-4-6-13(10)25-9-17(18,19)20/h3-7H,2,8-9H2,1H3,(H,21,22)(H,23,24). The molecule has 140 valence electrons. The number of carboxylic acids is 1. The maximum atomic E-state index is 12.3. The number of carbonyl (C=O) groups is 2. The lowest BCUT2D eigenvalue weighted by Crippen LogP contribution is -2.24. The minimum absolute atomic E-state index is 0.00922. The number of carboxylic acid groups (broad SMARTS) is 1. The van der Waals surface area contributed by atoms with Crippen molar-refractivity contribution in [2.24, 2.45) is 0 Å². The average Bonchev–Trinajstić information content (AvgIpc) is 3.02. The van der Waals surface area contributed by atoms with Gasteiger partial charge in [-0.05, 0) is 6.07 Å². The topological polar surface area (TPSA) is 88.8 Å². The Morgan fingerprint density at radius 2 is 1.96 bits per heavy atom. The summed E-state index contributed by atoms with van der Waals surface area (Å²) in [4.78, 5) is 23.2. The Morgan fingerprint density at radius 3 is 2.54 bits per heavy atom. The van der Waals surface area contributed by atoms with Crippen LogP contribution in [0.1, 0.15) is 39.2 Å². The predicted octanol–water partition coefficient (Wildman–Crippen LogP) is 3.41. The van der Waals surface area contributed by atoms with Gasteiger partial charge in [0.25, 0.3) is 5.91 Å². The van der Waals surface area contributed by atoms with E-state index < -0.39 is 24.7 Å². The van der Waals surface area contributed by atoms with Crippen molar-refractivity contribution >= 4 is 11.9 Å². The predicted molar refractivity (Wildman–Crippen MR) is 84.2 cm³/mol. The molecule has 0 saturated heterocycles. The number of carbonyl (C=O) groups excluding carboxylic acids is 1. The molecule has 2 N–H and O–H groups in total. The van der Waals surface area contributed by atoms with Gasteiger partial charge in [0.2, 0.25) is 0 Å². The van der Waals surface area contributed by atoms with Crippen molar-refractivity contribution < 1.29 is 37.0 Å². The summed E-state index contributed by atoms with van der Waals surface area (Å²) in [5.74, 6) is -1.93. The Hall–Kier alpha value is -2.97. The maximum Gasteiger partial charge on any atom is 0.422 e. The monoisotopic (exact) mass is 371 g/mol. The molecule has 2 aromatic rings. The van der Waals surface area contributed by atoms with Crippen LogP contribution in [-0.2, 0) is 13.0 Å². The maximum absolute atomic E-state index is 12.3. The quantitative estimate of drug-likeness (QED) is 0.779. The molecule has 0 aliphatic rings. The van der Waals surface area contributed by atoms with Crippen LogP contribution in [0, 0.1) is 0 Å². The molecule has 2 rings (SSSR count). The van der Waals surface area contributed by atoms with Crippen molar-refractivity contribution in [3.8, 4) is 5.75 Å². The molecule has 0 atom stereocenters. The van der Waals surface area contributed by atoms with Crippen LogP contribution >= 0.6 is 0 Å². The van der Waals surface area contributed by atoms with Crippen LogP contribution < -0.4 is 10.1 Å². The number of alkyl halides is 3. The molecule has 0 radical (unpaired) electrons. The molecule has 1 amide bonds. The zero-order valence-corrected chi connectivity index (χ0v) is 13.7.